The van der Waals surface area contributed by atoms with E-state index in [1.54, 1.807) is 0 Å². The standard InChI is InChI=1S/C21H27ClN2O3/c1-4-9-27-21-19(22)11-17(12-20(21)26-5-2)14-23-13-16-7-6-8-18(10-16)24-15(3)25/h6-8,10-12,23H,4-5,9,13-14H2,1-3H3,(H,24,25). The number of carbonyl (C=O) groups is 1. The van der Waals surface area contributed by atoms with Gasteiger partial charge in [0.25, 0.3) is 0 Å². The molecule has 6 heteroatoms. The van der Waals surface area contributed by atoms with Gasteiger partial charge in [0, 0.05) is 25.7 Å². The van der Waals surface area contributed by atoms with Gasteiger partial charge < -0.3 is 20.1 Å². The molecule has 0 bridgehead atoms. The fraction of sp³-hybridized carbons (Fsp3) is 0.381. The van der Waals surface area contributed by atoms with E-state index >= 15 is 0 Å². The van der Waals surface area contributed by atoms with Crippen LogP contribution in [0, 0.1) is 0 Å². The number of anilines is 1. The van der Waals surface area contributed by atoms with Gasteiger partial charge in [-0.3, -0.25) is 4.79 Å². The third kappa shape index (κ3) is 6.77. The summed E-state index contributed by atoms with van der Waals surface area (Å²) in [6.07, 6.45) is 0.906. The normalized spacial score (nSPS) is 10.5. The highest BCUT2D eigenvalue weighted by Crippen LogP contribution is 2.36. The summed E-state index contributed by atoms with van der Waals surface area (Å²) in [5, 5.41) is 6.74. The van der Waals surface area contributed by atoms with Crippen molar-refractivity contribution in [1.82, 2.24) is 5.32 Å². The number of hydrogen-bond acceptors (Lipinski definition) is 4. The molecular weight excluding hydrogens is 364 g/mol. The van der Waals surface area contributed by atoms with Crippen LogP contribution in [0.5, 0.6) is 11.5 Å². The van der Waals surface area contributed by atoms with Gasteiger partial charge in [-0.15, -0.1) is 0 Å². The molecule has 0 aliphatic heterocycles. The van der Waals surface area contributed by atoms with Crippen LogP contribution < -0.4 is 20.1 Å². The number of rotatable bonds is 10. The van der Waals surface area contributed by atoms with Gasteiger partial charge in [0.2, 0.25) is 5.91 Å². The Labute approximate surface area is 166 Å². The molecule has 0 atom stereocenters. The maximum absolute atomic E-state index is 11.2. The first kappa shape index (κ1) is 21.1. The highest BCUT2D eigenvalue weighted by molar-refractivity contribution is 6.32. The van der Waals surface area contributed by atoms with Crippen LogP contribution in [-0.2, 0) is 17.9 Å². The van der Waals surface area contributed by atoms with E-state index in [1.807, 2.05) is 50.2 Å². The molecule has 0 aliphatic carbocycles. The molecule has 146 valence electrons. The Kier molecular flexibility index (Phi) is 8.43. The Morgan fingerprint density at radius 1 is 1.07 bits per heavy atom. The Balaban J connectivity index is 2.02. The van der Waals surface area contributed by atoms with Gasteiger partial charge >= 0.3 is 0 Å². The molecule has 0 fully saturated rings. The lowest BCUT2D eigenvalue weighted by molar-refractivity contribution is -0.114. The Hall–Kier alpha value is -2.24. The summed E-state index contributed by atoms with van der Waals surface area (Å²) in [6.45, 7) is 7.94. The summed E-state index contributed by atoms with van der Waals surface area (Å²) in [5.74, 6) is 1.19. The molecular formula is C21H27ClN2O3. The van der Waals surface area contributed by atoms with Crippen LogP contribution >= 0.6 is 11.6 Å². The van der Waals surface area contributed by atoms with Crippen LogP contribution in [0.3, 0.4) is 0 Å². The van der Waals surface area contributed by atoms with Crippen LogP contribution in [0.2, 0.25) is 5.02 Å². The molecule has 0 aliphatic rings. The Bertz CT molecular complexity index is 765. The van der Waals surface area contributed by atoms with E-state index in [-0.39, 0.29) is 5.91 Å². The van der Waals surface area contributed by atoms with Crippen molar-refractivity contribution in [2.24, 2.45) is 0 Å². The summed E-state index contributed by atoms with van der Waals surface area (Å²) < 4.78 is 11.4. The van der Waals surface area contributed by atoms with Crippen molar-refractivity contribution in [3.05, 3.63) is 52.5 Å². The molecule has 0 heterocycles. The van der Waals surface area contributed by atoms with E-state index in [0.717, 1.165) is 23.2 Å². The van der Waals surface area contributed by atoms with Crippen molar-refractivity contribution in [3.63, 3.8) is 0 Å². The maximum atomic E-state index is 11.2. The SMILES string of the molecule is CCCOc1c(Cl)cc(CNCc2cccc(NC(C)=O)c2)cc1OCC. The topological polar surface area (TPSA) is 59.6 Å². The van der Waals surface area contributed by atoms with Crippen LogP contribution in [0.15, 0.2) is 36.4 Å². The first-order valence-electron chi connectivity index (χ1n) is 9.18. The second-order valence-corrected chi connectivity index (χ2v) is 6.58. The Morgan fingerprint density at radius 3 is 2.56 bits per heavy atom. The third-order valence-electron chi connectivity index (χ3n) is 3.73. The van der Waals surface area contributed by atoms with E-state index in [9.17, 15) is 4.79 Å². The summed E-state index contributed by atoms with van der Waals surface area (Å²) in [5.41, 5.74) is 2.89. The van der Waals surface area contributed by atoms with Gasteiger partial charge in [0.05, 0.1) is 18.2 Å². The van der Waals surface area contributed by atoms with Crippen molar-refractivity contribution in [1.29, 1.82) is 0 Å². The number of amides is 1. The Morgan fingerprint density at radius 2 is 1.85 bits per heavy atom. The first-order chi connectivity index (χ1) is 13.0. The minimum absolute atomic E-state index is 0.0800. The molecule has 0 spiro atoms. The van der Waals surface area contributed by atoms with Crippen LogP contribution in [-0.4, -0.2) is 19.1 Å². The predicted molar refractivity (Wildman–Crippen MR) is 110 cm³/mol. The number of halogens is 1. The number of benzene rings is 2. The zero-order valence-electron chi connectivity index (χ0n) is 16.1. The average Bonchev–Trinajstić information content (AvgIpc) is 2.61. The van der Waals surface area contributed by atoms with Gasteiger partial charge in [-0.05, 0) is 48.7 Å². The van der Waals surface area contributed by atoms with Gasteiger partial charge in [-0.25, -0.2) is 0 Å². The third-order valence-corrected chi connectivity index (χ3v) is 4.01. The molecule has 2 aromatic carbocycles. The molecule has 5 nitrogen and oxygen atoms in total. The van der Waals surface area contributed by atoms with Crippen LogP contribution in [0.4, 0.5) is 5.69 Å². The second kappa shape index (κ2) is 10.8. The van der Waals surface area contributed by atoms with E-state index in [1.165, 1.54) is 6.92 Å². The second-order valence-electron chi connectivity index (χ2n) is 6.17. The van der Waals surface area contributed by atoms with Gasteiger partial charge in [-0.1, -0.05) is 30.7 Å². The number of carbonyl (C=O) groups excluding carboxylic acids is 1. The monoisotopic (exact) mass is 390 g/mol. The minimum Gasteiger partial charge on any atom is -0.490 e. The van der Waals surface area contributed by atoms with Crippen molar-refractivity contribution >= 4 is 23.2 Å². The number of ether oxygens (including phenoxy) is 2. The smallest absolute Gasteiger partial charge is 0.221 e. The molecule has 2 aromatic rings. The van der Waals surface area contributed by atoms with E-state index < -0.39 is 0 Å². The predicted octanol–water partition coefficient (Wildman–Crippen LogP) is 4.78. The number of nitrogens with one attached hydrogen (secondary N) is 2. The van der Waals surface area contributed by atoms with Crippen molar-refractivity contribution in [2.75, 3.05) is 18.5 Å². The van der Waals surface area contributed by atoms with E-state index in [0.29, 0.717) is 42.8 Å². The largest absolute Gasteiger partial charge is 0.490 e. The lowest BCUT2D eigenvalue weighted by Gasteiger charge is -2.15. The zero-order chi connectivity index (χ0) is 19.6. The van der Waals surface area contributed by atoms with Gasteiger partial charge in [0.1, 0.15) is 0 Å². The fourth-order valence-corrected chi connectivity index (χ4v) is 2.93. The minimum atomic E-state index is -0.0800. The number of hydrogen-bond donors (Lipinski definition) is 2. The molecule has 0 saturated carbocycles. The fourth-order valence-electron chi connectivity index (χ4n) is 2.64. The molecule has 0 radical (unpaired) electrons. The van der Waals surface area contributed by atoms with Crippen molar-refractivity contribution in [3.8, 4) is 11.5 Å². The van der Waals surface area contributed by atoms with E-state index in [4.69, 9.17) is 21.1 Å². The highest BCUT2D eigenvalue weighted by atomic mass is 35.5. The molecule has 1 amide bonds. The van der Waals surface area contributed by atoms with Crippen molar-refractivity contribution < 1.29 is 14.3 Å². The average molecular weight is 391 g/mol. The maximum Gasteiger partial charge on any atom is 0.221 e. The molecule has 2 N–H and O–H groups in total. The molecule has 0 unspecified atom stereocenters. The van der Waals surface area contributed by atoms with E-state index in [2.05, 4.69) is 10.6 Å². The molecule has 0 saturated heterocycles. The van der Waals surface area contributed by atoms with Crippen LogP contribution in [0.1, 0.15) is 38.3 Å². The summed E-state index contributed by atoms with van der Waals surface area (Å²) in [6, 6.07) is 11.6. The molecule has 2 rings (SSSR count). The lowest BCUT2D eigenvalue weighted by Crippen LogP contribution is -2.13. The van der Waals surface area contributed by atoms with Crippen molar-refractivity contribution in [2.45, 2.75) is 40.3 Å². The van der Waals surface area contributed by atoms with Gasteiger partial charge in [0.15, 0.2) is 11.5 Å². The quantitative estimate of drug-likeness (QED) is 0.613. The summed E-state index contributed by atoms with van der Waals surface area (Å²) >= 11 is 6.40. The highest BCUT2D eigenvalue weighted by Gasteiger charge is 2.12. The molecule has 0 aromatic heterocycles. The lowest BCUT2D eigenvalue weighted by atomic mass is 10.1. The first-order valence-corrected chi connectivity index (χ1v) is 9.56. The van der Waals surface area contributed by atoms with Gasteiger partial charge in [-0.2, -0.15) is 0 Å². The molecule has 27 heavy (non-hydrogen) atoms. The summed E-state index contributed by atoms with van der Waals surface area (Å²) in [7, 11) is 0. The van der Waals surface area contributed by atoms with Crippen LogP contribution in [0.25, 0.3) is 0 Å². The zero-order valence-corrected chi connectivity index (χ0v) is 16.9. The summed E-state index contributed by atoms with van der Waals surface area (Å²) in [4.78, 5) is 11.2.